The molecule has 0 spiro atoms. The molecule has 12 nitrogen and oxygen atoms in total. The van der Waals surface area contributed by atoms with Crippen LogP contribution in [0.1, 0.15) is 57.2 Å². The van der Waals surface area contributed by atoms with Crippen molar-refractivity contribution in [1.29, 1.82) is 0 Å². The Hall–Kier alpha value is -5.06. The number of rotatable bonds is 12. The predicted octanol–water partition coefficient (Wildman–Crippen LogP) is 6.14. The summed E-state index contributed by atoms with van der Waals surface area (Å²) in [6.07, 6.45) is -6.05. The number of anilines is 1. The molecule has 0 bridgehead atoms. The topological polar surface area (TPSA) is 173 Å². The van der Waals surface area contributed by atoms with Crippen LogP contribution >= 0.6 is 11.6 Å². The quantitative estimate of drug-likeness (QED) is 0.0972. The van der Waals surface area contributed by atoms with Crippen LogP contribution < -0.4 is 22.1 Å². The van der Waals surface area contributed by atoms with Gasteiger partial charge in [-0.3, -0.25) is 19.7 Å². The summed E-state index contributed by atoms with van der Waals surface area (Å²) in [5, 5.41) is 4.36. The average molecular weight is 750 g/mol. The Morgan fingerprint density at radius 1 is 1.13 bits per heavy atom. The summed E-state index contributed by atoms with van der Waals surface area (Å²) in [5.74, 6) is -0.907. The van der Waals surface area contributed by atoms with Crippen molar-refractivity contribution >= 4 is 41.6 Å². The first-order valence-corrected chi connectivity index (χ1v) is 16.4. The molecule has 3 aromatic rings. The summed E-state index contributed by atoms with van der Waals surface area (Å²) in [6.45, 7) is 5.01. The summed E-state index contributed by atoms with van der Waals surface area (Å²) in [6, 6.07) is 9.71. The molecule has 0 saturated heterocycles. The predicted molar refractivity (Wildman–Crippen MR) is 184 cm³/mol. The highest BCUT2D eigenvalue weighted by atomic mass is 35.5. The Balaban J connectivity index is 1.55. The number of carbonyl (C=O) groups excluding carboxylic acids is 2. The molecule has 6 N–H and O–H groups in total. The third kappa shape index (κ3) is 8.03. The number of nitrogens with two attached hydrogens (primary N) is 2. The molecule has 18 heteroatoms. The number of halogens is 6. The van der Waals surface area contributed by atoms with Gasteiger partial charge in [0.05, 0.1) is 35.0 Å². The van der Waals surface area contributed by atoms with E-state index in [1.807, 2.05) is 26.1 Å². The number of hydrogen-bond acceptors (Lipinski definition) is 9. The van der Waals surface area contributed by atoms with Gasteiger partial charge in [0.1, 0.15) is 12.1 Å². The van der Waals surface area contributed by atoms with Crippen molar-refractivity contribution in [3.8, 4) is 11.3 Å². The van der Waals surface area contributed by atoms with Crippen molar-refractivity contribution in [2.75, 3.05) is 11.9 Å². The maximum absolute atomic E-state index is 14.8. The van der Waals surface area contributed by atoms with Gasteiger partial charge in [0.25, 0.3) is 12.3 Å². The van der Waals surface area contributed by atoms with Crippen LogP contribution in [0.4, 0.5) is 32.4 Å². The molecule has 2 aliphatic rings. The van der Waals surface area contributed by atoms with E-state index in [1.165, 1.54) is 24.4 Å². The van der Waals surface area contributed by atoms with Crippen LogP contribution in [0, 0.1) is 5.41 Å². The van der Waals surface area contributed by atoms with Gasteiger partial charge in [-0.15, -0.1) is 0 Å². The maximum Gasteiger partial charge on any atom is 0.411 e. The number of amides is 2. The van der Waals surface area contributed by atoms with E-state index in [4.69, 9.17) is 32.8 Å². The Kier molecular flexibility index (Phi) is 10.7. The van der Waals surface area contributed by atoms with E-state index in [0.29, 0.717) is 23.2 Å². The minimum Gasteiger partial charge on any atom is -0.447 e. The molecule has 2 aromatic carbocycles. The fourth-order valence-electron chi connectivity index (χ4n) is 6.03. The maximum atomic E-state index is 14.8. The number of aliphatic imine (C=N–C) groups is 2. The summed E-state index contributed by atoms with van der Waals surface area (Å²) in [7, 11) is 0. The van der Waals surface area contributed by atoms with Crippen LogP contribution in [0.25, 0.3) is 11.3 Å². The normalized spacial score (nSPS) is 19.8. The molecule has 2 heterocycles. The second-order valence-corrected chi connectivity index (χ2v) is 14.1. The van der Waals surface area contributed by atoms with Gasteiger partial charge in [-0.1, -0.05) is 62.7 Å². The number of benzene rings is 2. The van der Waals surface area contributed by atoms with Crippen LogP contribution in [-0.2, 0) is 15.1 Å². The molecule has 1 fully saturated rings. The van der Waals surface area contributed by atoms with E-state index in [1.54, 1.807) is 36.7 Å². The minimum atomic E-state index is -4.72. The largest absolute Gasteiger partial charge is 0.447 e. The number of carbonyl (C=O) groups is 2. The summed E-state index contributed by atoms with van der Waals surface area (Å²) in [5.41, 5.74) is 9.14. The zero-order valence-electron chi connectivity index (χ0n) is 28.3. The molecule has 1 aliphatic carbocycles. The van der Waals surface area contributed by atoms with E-state index < -0.39 is 59.9 Å². The van der Waals surface area contributed by atoms with Crippen molar-refractivity contribution in [3.05, 3.63) is 77.2 Å². The number of aromatic nitrogens is 2. The van der Waals surface area contributed by atoms with Gasteiger partial charge in [0, 0.05) is 18.0 Å². The van der Waals surface area contributed by atoms with E-state index in [9.17, 15) is 31.5 Å². The van der Waals surface area contributed by atoms with E-state index in [2.05, 4.69) is 20.3 Å². The number of nitrogens with one attached hydrogen (secondary N) is 2. The first-order valence-electron chi connectivity index (χ1n) is 16.0. The van der Waals surface area contributed by atoms with Gasteiger partial charge < -0.3 is 26.8 Å². The molecule has 1 aliphatic heterocycles. The average Bonchev–Trinajstić information content (AvgIpc) is 3.83. The molecule has 278 valence electrons. The molecule has 3 atom stereocenters. The van der Waals surface area contributed by atoms with Crippen molar-refractivity contribution in [2.45, 2.75) is 75.9 Å². The monoisotopic (exact) mass is 749 g/mol. The number of guanidine groups is 1. The highest BCUT2D eigenvalue weighted by molar-refractivity contribution is 6.33. The van der Waals surface area contributed by atoms with Crippen LogP contribution in [0.15, 0.2) is 71.0 Å². The molecular weight excluding hydrogens is 713 g/mol. The Morgan fingerprint density at radius 3 is 2.38 bits per heavy atom. The standard InChI is InChI=1S/C34H37ClF5N9O3/c1-31(2,3)17-33(21-7-4-19(5-8-21)24-15-43-12-13-44-24)28(50)49(29(42)47-33)25(16-52-30(51)48-32(10-11-32)34(38,39)40)20-6-9-22(35)23(14-20)46-27(26(36)37)45-18-41/h4-9,12-15,18,25-27,46H,10-11,16-17H2,1-3H3,(H2,41,45)(H2,42,47)(H,48,51)/t25-,27?,33-/m1/s1. The molecule has 1 aromatic heterocycles. The number of hydrogen-bond donors (Lipinski definition) is 4. The highest BCUT2D eigenvalue weighted by Crippen LogP contribution is 2.49. The lowest BCUT2D eigenvalue weighted by molar-refractivity contribution is -0.164. The van der Waals surface area contributed by atoms with Crippen LogP contribution in [0.2, 0.25) is 5.02 Å². The van der Waals surface area contributed by atoms with Crippen molar-refractivity contribution in [2.24, 2.45) is 26.9 Å². The molecule has 0 radical (unpaired) electrons. The van der Waals surface area contributed by atoms with E-state index in [0.717, 1.165) is 4.90 Å². The number of alkyl halides is 5. The first-order chi connectivity index (χ1) is 24.4. The molecule has 1 unspecified atom stereocenters. The minimum absolute atomic E-state index is 0.0143. The van der Waals surface area contributed by atoms with Crippen molar-refractivity contribution in [3.63, 3.8) is 0 Å². The fourth-order valence-corrected chi connectivity index (χ4v) is 6.20. The summed E-state index contributed by atoms with van der Waals surface area (Å²) in [4.78, 5) is 45.4. The molecular formula is C34H37ClF5N9O3. The molecule has 52 heavy (non-hydrogen) atoms. The zero-order valence-corrected chi connectivity index (χ0v) is 29.1. The van der Waals surface area contributed by atoms with Gasteiger partial charge in [0.15, 0.2) is 17.7 Å². The number of alkyl carbamates (subject to hydrolysis) is 1. The van der Waals surface area contributed by atoms with Crippen molar-refractivity contribution < 1.29 is 36.3 Å². The lowest BCUT2D eigenvalue weighted by Gasteiger charge is -2.35. The lowest BCUT2D eigenvalue weighted by Crippen LogP contribution is -2.50. The Bertz CT molecular complexity index is 1830. The molecule has 5 rings (SSSR count). The van der Waals surface area contributed by atoms with Crippen LogP contribution in [-0.4, -0.2) is 70.1 Å². The molecule has 2 amide bonds. The third-order valence-corrected chi connectivity index (χ3v) is 8.94. The SMILES string of the molecule is CC(C)(C)C[C@]1(c2ccc(-c3cnccn3)cc2)N=C(N)N([C@H](COC(=O)NC2(C(F)(F)F)CC2)c2ccc(Cl)c(NC(/N=C\N)C(F)F)c2)C1=O. The first kappa shape index (κ1) is 38.2. The van der Waals surface area contributed by atoms with Crippen molar-refractivity contribution in [1.82, 2.24) is 20.2 Å². The smallest absolute Gasteiger partial charge is 0.411 e. The number of nitrogens with zero attached hydrogens (tertiary/aromatic N) is 5. The van der Waals surface area contributed by atoms with Crippen LogP contribution in [0.3, 0.4) is 0 Å². The van der Waals surface area contributed by atoms with E-state index >= 15 is 0 Å². The van der Waals surface area contributed by atoms with E-state index in [-0.39, 0.29) is 41.5 Å². The van der Waals surface area contributed by atoms with Gasteiger partial charge >= 0.3 is 12.3 Å². The lowest BCUT2D eigenvalue weighted by atomic mass is 9.75. The zero-order chi connectivity index (χ0) is 38.1. The van der Waals surface area contributed by atoms with Gasteiger partial charge in [-0.2, -0.15) is 13.2 Å². The summed E-state index contributed by atoms with van der Waals surface area (Å²) >= 11 is 6.34. The van der Waals surface area contributed by atoms with Gasteiger partial charge in [-0.05, 0) is 47.9 Å². The highest BCUT2D eigenvalue weighted by Gasteiger charge is 2.64. The Labute approximate surface area is 300 Å². The fraction of sp³-hybridized carbons (Fsp3) is 0.412. The second-order valence-electron chi connectivity index (χ2n) is 13.7. The third-order valence-electron chi connectivity index (χ3n) is 8.61. The Morgan fingerprint density at radius 2 is 1.83 bits per heavy atom. The van der Waals surface area contributed by atoms with Crippen LogP contribution in [0.5, 0.6) is 0 Å². The van der Waals surface area contributed by atoms with Gasteiger partial charge in [0.2, 0.25) is 0 Å². The second kappa shape index (κ2) is 14.5. The van der Waals surface area contributed by atoms with Gasteiger partial charge in [-0.25, -0.2) is 23.6 Å². The molecule has 1 saturated carbocycles. The number of ether oxygens (including phenoxy) is 1. The summed E-state index contributed by atoms with van der Waals surface area (Å²) < 4.78 is 73.7.